The molecule has 120 valence electrons. The average Bonchev–Trinajstić information content (AvgIpc) is 2.63. The molecule has 0 saturated carbocycles. The van der Waals surface area contributed by atoms with Crippen molar-refractivity contribution < 1.29 is 9.53 Å². The summed E-state index contributed by atoms with van der Waals surface area (Å²) in [7, 11) is 0. The lowest BCUT2D eigenvalue weighted by Crippen LogP contribution is -2.08. The van der Waals surface area contributed by atoms with Gasteiger partial charge in [-0.3, -0.25) is 0 Å². The van der Waals surface area contributed by atoms with E-state index < -0.39 is 5.97 Å². The van der Waals surface area contributed by atoms with Crippen LogP contribution in [0, 0.1) is 0 Å². The molecule has 4 heteroatoms. The highest BCUT2D eigenvalue weighted by Gasteiger charge is 2.13. The first-order valence-electron chi connectivity index (χ1n) is 7.68. The molecule has 0 atom stereocenters. The normalized spacial score (nSPS) is 10.4. The summed E-state index contributed by atoms with van der Waals surface area (Å²) in [6.45, 7) is 2.09. The second-order valence-corrected chi connectivity index (χ2v) is 5.66. The van der Waals surface area contributed by atoms with Crippen molar-refractivity contribution in [3.63, 3.8) is 0 Å². The van der Waals surface area contributed by atoms with E-state index in [-0.39, 0.29) is 0 Å². The van der Waals surface area contributed by atoms with Crippen molar-refractivity contribution in [2.75, 3.05) is 6.61 Å². The van der Waals surface area contributed by atoms with Crippen molar-refractivity contribution in [3.8, 4) is 22.4 Å². The molecule has 0 bridgehead atoms. The Morgan fingerprint density at radius 3 is 2.33 bits per heavy atom. The first-order valence-corrected chi connectivity index (χ1v) is 8.05. The number of rotatable bonds is 4. The van der Waals surface area contributed by atoms with E-state index in [4.69, 9.17) is 16.3 Å². The summed E-state index contributed by atoms with van der Waals surface area (Å²) in [6.07, 6.45) is 0. The number of esters is 1. The predicted molar refractivity (Wildman–Crippen MR) is 96.1 cm³/mol. The first kappa shape index (κ1) is 16.2. The lowest BCUT2D eigenvalue weighted by molar-refractivity contribution is 0.0519. The van der Waals surface area contributed by atoms with Crippen LogP contribution >= 0.6 is 11.6 Å². The van der Waals surface area contributed by atoms with Crippen LogP contribution in [-0.4, -0.2) is 17.6 Å². The van der Waals surface area contributed by atoms with Crippen LogP contribution in [-0.2, 0) is 4.74 Å². The second-order valence-electron chi connectivity index (χ2n) is 5.22. The molecule has 0 radical (unpaired) electrons. The van der Waals surface area contributed by atoms with Gasteiger partial charge in [0.05, 0.1) is 12.3 Å². The highest BCUT2D eigenvalue weighted by Crippen LogP contribution is 2.27. The Morgan fingerprint density at radius 1 is 0.958 bits per heavy atom. The van der Waals surface area contributed by atoms with E-state index in [9.17, 15) is 4.79 Å². The molecular weight excluding hydrogens is 322 g/mol. The van der Waals surface area contributed by atoms with Gasteiger partial charge in [-0.05, 0) is 42.3 Å². The van der Waals surface area contributed by atoms with Crippen LogP contribution in [0.15, 0.2) is 66.7 Å². The van der Waals surface area contributed by atoms with Gasteiger partial charge in [0, 0.05) is 10.6 Å². The highest BCUT2D eigenvalue weighted by molar-refractivity contribution is 6.30. The monoisotopic (exact) mass is 337 g/mol. The number of carbonyl (C=O) groups excluding carboxylic acids is 1. The van der Waals surface area contributed by atoms with Gasteiger partial charge in [-0.1, -0.05) is 54.1 Å². The average molecular weight is 338 g/mol. The van der Waals surface area contributed by atoms with Crippen molar-refractivity contribution in [1.82, 2.24) is 4.98 Å². The summed E-state index contributed by atoms with van der Waals surface area (Å²) in [5.41, 5.74) is 3.82. The van der Waals surface area contributed by atoms with E-state index in [1.54, 1.807) is 13.0 Å². The van der Waals surface area contributed by atoms with Crippen LogP contribution in [0.2, 0.25) is 5.02 Å². The number of nitrogens with zero attached hydrogens (tertiary/aromatic N) is 1. The molecule has 3 aromatic rings. The van der Waals surface area contributed by atoms with Crippen LogP contribution < -0.4 is 0 Å². The Kier molecular flexibility index (Phi) is 4.92. The molecule has 0 aliphatic rings. The zero-order valence-corrected chi connectivity index (χ0v) is 14.0. The van der Waals surface area contributed by atoms with Crippen LogP contribution in [0.5, 0.6) is 0 Å². The van der Waals surface area contributed by atoms with E-state index in [0.29, 0.717) is 17.3 Å². The third-order valence-corrected chi connectivity index (χ3v) is 3.81. The minimum atomic E-state index is -0.425. The topological polar surface area (TPSA) is 39.2 Å². The number of pyridine rings is 1. The molecule has 3 rings (SSSR count). The summed E-state index contributed by atoms with van der Waals surface area (Å²) in [5.74, 6) is -0.425. The van der Waals surface area contributed by atoms with Crippen LogP contribution in [0.1, 0.15) is 17.4 Å². The summed E-state index contributed by atoms with van der Waals surface area (Å²) >= 11 is 5.96. The molecule has 1 heterocycles. The van der Waals surface area contributed by atoms with Gasteiger partial charge in [-0.2, -0.15) is 0 Å². The molecule has 24 heavy (non-hydrogen) atoms. The second kappa shape index (κ2) is 7.28. The first-order chi connectivity index (χ1) is 11.7. The van der Waals surface area contributed by atoms with Gasteiger partial charge in [0.25, 0.3) is 0 Å². The number of carbonyl (C=O) groups is 1. The number of benzene rings is 2. The van der Waals surface area contributed by atoms with Gasteiger partial charge in [0.15, 0.2) is 0 Å². The standard InChI is InChI=1S/C20H16ClNO2/c1-2-24-20(23)19-13-16(14-8-10-17(21)11-9-14)12-18(22-19)15-6-4-3-5-7-15/h3-13H,2H2,1H3. The minimum absolute atomic E-state index is 0.295. The number of halogens is 1. The molecule has 0 amide bonds. The molecule has 1 aromatic heterocycles. The zero-order chi connectivity index (χ0) is 16.9. The van der Waals surface area contributed by atoms with Crippen LogP contribution in [0.3, 0.4) is 0 Å². The highest BCUT2D eigenvalue weighted by atomic mass is 35.5. The SMILES string of the molecule is CCOC(=O)c1cc(-c2ccc(Cl)cc2)cc(-c2ccccc2)n1. The number of aromatic nitrogens is 1. The van der Waals surface area contributed by atoms with E-state index in [1.165, 1.54) is 0 Å². The predicted octanol–water partition coefficient (Wildman–Crippen LogP) is 5.25. The van der Waals surface area contributed by atoms with Gasteiger partial charge in [0.2, 0.25) is 0 Å². The van der Waals surface area contributed by atoms with E-state index in [0.717, 1.165) is 22.4 Å². The Labute approximate surface area is 145 Å². The zero-order valence-electron chi connectivity index (χ0n) is 13.2. The van der Waals surface area contributed by atoms with Gasteiger partial charge in [-0.25, -0.2) is 9.78 Å². The van der Waals surface area contributed by atoms with Crippen molar-refractivity contribution in [1.29, 1.82) is 0 Å². The van der Waals surface area contributed by atoms with Gasteiger partial charge in [0.1, 0.15) is 5.69 Å². The minimum Gasteiger partial charge on any atom is -0.461 e. The molecule has 0 N–H and O–H groups in total. The molecule has 0 aliphatic heterocycles. The Balaban J connectivity index is 2.12. The largest absolute Gasteiger partial charge is 0.461 e. The van der Waals surface area contributed by atoms with Crippen LogP contribution in [0.25, 0.3) is 22.4 Å². The lowest BCUT2D eigenvalue weighted by atomic mass is 10.0. The van der Waals surface area contributed by atoms with Crippen LogP contribution in [0.4, 0.5) is 0 Å². The molecular formula is C20H16ClNO2. The molecule has 0 spiro atoms. The van der Waals surface area contributed by atoms with Crippen molar-refractivity contribution >= 4 is 17.6 Å². The molecule has 2 aromatic carbocycles. The van der Waals surface area contributed by atoms with Crippen molar-refractivity contribution in [3.05, 3.63) is 77.4 Å². The molecule has 0 aliphatic carbocycles. The summed E-state index contributed by atoms with van der Waals surface area (Å²) < 4.78 is 5.11. The van der Waals surface area contributed by atoms with Gasteiger partial charge < -0.3 is 4.74 Å². The maximum absolute atomic E-state index is 12.2. The summed E-state index contributed by atoms with van der Waals surface area (Å²) in [5, 5.41) is 0.668. The molecule has 0 saturated heterocycles. The Hall–Kier alpha value is -2.65. The number of hydrogen-bond donors (Lipinski definition) is 0. The van der Waals surface area contributed by atoms with E-state index in [2.05, 4.69) is 4.98 Å². The molecule has 3 nitrogen and oxygen atoms in total. The smallest absolute Gasteiger partial charge is 0.356 e. The Bertz CT molecular complexity index is 845. The summed E-state index contributed by atoms with van der Waals surface area (Å²) in [6, 6.07) is 20.9. The van der Waals surface area contributed by atoms with E-state index in [1.807, 2.05) is 60.7 Å². The number of hydrogen-bond acceptors (Lipinski definition) is 3. The Morgan fingerprint density at radius 2 is 1.67 bits per heavy atom. The molecule has 0 fully saturated rings. The maximum atomic E-state index is 12.2. The maximum Gasteiger partial charge on any atom is 0.356 e. The molecule has 0 unspecified atom stereocenters. The van der Waals surface area contributed by atoms with E-state index >= 15 is 0 Å². The third-order valence-electron chi connectivity index (χ3n) is 3.56. The lowest BCUT2D eigenvalue weighted by Gasteiger charge is -2.09. The van der Waals surface area contributed by atoms with Gasteiger partial charge in [-0.15, -0.1) is 0 Å². The fourth-order valence-electron chi connectivity index (χ4n) is 2.41. The fourth-order valence-corrected chi connectivity index (χ4v) is 2.53. The summed E-state index contributed by atoms with van der Waals surface area (Å²) in [4.78, 5) is 16.6. The number of ether oxygens (including phenoxy) is 1. The van der Waals surface area contributed by atoms with Crippen molar-refractivity contribution in [2.24, 2.45) is 0 Å². The third kappa shape index (κ3) is 3.63. The van der Waals surface area contributed by atoms with Crippen molar-refractivity contribution in [2.45, 2.75) is 6.92 Å². The quantitative estimate of drug-likeness (QED) is 0.611. The fraction of sp³-hybridized carbons (Fsp3) is 0.100. The van der Waals surface area contributed by atoms with Gasteiger partial charge >= 0.3 is 5.97 Å².